The summed E-state index contributed by atoms with van der Waals surface area (Å²) in [4.78, 5) is 1.32. The summed E-state index contributed by atoms with van der Waals surface area (Å²) >= 11 is 14.0. The number of nitrogens with one attached hydrogen (secondary N) is 1. The Morgan fingerprint density at radius 1 is 1.37 bits per heavy atom. The quantitative estimate of drug-likeness (QED) is 0.889. The van der Waals surface area contributed by atoms with Crippen LogP contribution in [-0.2, 0) is 6.54 Å². The Bertz CT molecular complexity index is 571. The number of fused-ring (bicyclic) bond motifs is 1. The largest absolute Gasteiger partial charge is 0.492 e. The maximum atomic E-state index is 6.18. The van der Waals surface area contributed by atoms with E-state index in [4.69, 9.17) is 27.9 Å². The van der Waals surface area contributed by atoms with Gasteiger partial charge in [0.05, 0.1) is 11.6 Å². The second-order valence-electron chi connectivity index (χ2n) is 4.46. The van der Waals surface area contributed by atoms with E-state index in [2.05, 4.69) is 22.8 Å². The predicted octanol–water partition coefficient (Wildman–Crippen LogP) is 4.67. The Kier molecular flexibility index (Phi) is 3.99. The highest BCUT2D eigenvalue weighted by molar-refractivity contribution is 7.09. The van der Waals surface area contributed by atoms with Gasteiger partial charge in [0.15, 0.2) is 0 Å². The smallest absolute Gasteiger partial charge is 0.142 e. The lowest BCUT2D eigenvalue weighted by molar-refractivity contribution is 0.252. The molecule has 1 aromatic carbocycles. The molecule has 1 aliphatic rings. The molecule has 2 heterocycles. The van der Waals surface area contributed by atoms with Crippen molar-refractivity contribution in [2.24, 2.45) is 0 Å². The van der Waals surface area contributed by atoms with Crippen molar-refractivity contribution in [3.63, 3.8) is 0 Å². The first-order chi connectivity index (χ1) is 9.24. The summed E-state index contributed by atoms with van der Waals surface area (Å²) in [6.45, 7) is 1.53. The lowest BCUT2D eigenvalue weighted by Crippen LogP contribution is -2.26. The molecule has 0 aliphatic carbocycles. The zero-order chi connectivity index (χ0) is 13.2. The minimum Gasteiger partial charge on any atom is -0.492 e. The maximum absolute atomic E-state index is 6.18. The van der Waals surface area contributed by atoms with E-state index in [1.54, 1.807) is 17.4 Å². The highest BCUT2D eigenvalue weighted by atomic mass is 35.5. The van der Waals surface area contributed by atoms with Crippen molar-refractivity contribution in [3.05, 3.63) is 50.1 Å². The number of thiophene rings is 1. The molecule has 1 atom stereocenters. The van der Waals surface area contributed by atoms with Crippen molar-refractivity contribution in [1.82, 2.24) is 5.32 Å². The van der Waals surface area contributed by atoms with E-state index in [0.717, 1.165) is 24.3 Å². The molecule has 19 heavy (non-hydrogen) atoms. The first-order valence-corrected chi connectivity index (χ1v) is 7.75. The third-order valence-electron chi connectivity index (χ3n) is 3.17. The molecule has 1 N–H and O–H groups in total. The molecule has 0 saturated heterocycles. The molecule has 0 amide bonds. The molecule has 2 aromatic rings. The van der Waals surface area contributed by atoms with E-state index < -0.39 is 0 Å². The Morgan fingerprint density at radius 3 is 3.05 bits per heavy atom. The van der Waals surface area contributed by atoms with Gasteiger partial charge in [-0.2, -0.15) is 0 Å². The van der Waals surface area contributed by atoms with Gasteiger partial charge in [0, 0.05) is 34.5 Å². The van der Waals surface area contributed by atoms with Crippen LogP contribution in [0.2, 0.25) is 10.0 Å². The van der Waals surface area contributed by atoms with Crippen LogP contribution >= 0.6 is 34.5 Å². The maximum Gasteiger partial charge on any atom is 0.142 e. The van der Waals surface area contributed by atoms with Crippen LogP contribution in [-0.4, -0.2) is 6.61 Å². The molecule has 0 saturated carbocycles. The van der Waals surface area contributed by atoms with Gasteiger partial charge in [-0.05, 0) is 23.6 Å². The number of ether oxygens (including phenoxy) is 1. The fraction of sp³-hybridized carbons (Fsp3) is 0.286. The van der Waals surface area contributed by atoms with Gasteiger partial charge in [-0.1, -0.05) is 29.3 Å². The fourth-order valence-corrected chi connectivity index (χ4v) is 3.49. The zero-order valence-electron chi connectivity index (χ0n) is 10.2. The molecule has 0 bridgehead atoms. The average molecular weight is 314 g/mol. The summed E-state index contributed by atoms with van der Waals surface area (Å²) in [6, 6.07) is 8.09. The highest BCUT2D eigenvalue weighted by Crippen LogP contribution is 2.40. The van der Waals surface area contributed by atoms with Crippen molar-refractivity contribution >= 4 is 34.5 Å². The van der Waals surface area contributed by atoms with Crippen LogP contribution in [0.5, 0.6) is 5.75 Å². The SMILES string of the molecule is Clc1cc(Cl)c2c(c1)C(NCc1cccs1)CCO2. The third-order valence-corrected chi connectivity index (χ3v) is 4.54. The van der Waals surface area contributed by atoms with Crippen LogP contribution in [0.15, 0.2) is 29.6 Å². The summed E-state index contributed by atoms with van der Waals surface area (Å²) in [5.41, 5.74) is 1.06. The molecule has 5 heteroatoms. The van der Waals surface area contributed by atoms with E-state index in [1.807, 2.05) is 6.07 Å². The van der Waals surface area contributed by atoms with Crippen molar-refractivity contribution < 1.29 is 4.74 Å². The monoisotopic (exact) mass is 313 g/mol. The molecule has 1 aliphatic heterocycles. The topological polar surface area (TPSA) is 21.3 Å². The van der Waals surface area contributed by atoms with Crippen molar-refractivity contribution in [3.8, 4) is 5.75 Å². The molecular weight excluding hydrogens is 301 g/mol. The van der Waals surface area contributed by atoms with Gasteiger partial charge < -0.3 is 10.1 Å². The second kappa shape index (κ2) is 5.71. The van der Waals surface area contributed by atoms with E-state index in [-0.39, 0.29) is 6.04 Å². The Labute approximate surface area is 126 Å². The Morgan fingerprint density at radius 2 is 2.26 bits per heavy atom. The molecule has 1 aromatic heterocycles. The minimum atomic E-state index is 0.238. The van der Waals surface area contributed by atoms with Crippen molar-refractivity contribution in [2.45, 2.75) is 19.0 Å². The van der Waals surface area contributed by atoms with Gasteiger partial charge in [0.2, 0.25) is 0 Å². The second-order valence-corrected chi connectivity index (χ2v) is 6.33. The van der Waals surface area contributed by atoms with Crippen LogP contribution in [0.1, 0.15) is 22.9 Å². The Balaban J connectivity index is 1.81. The van der Waals surface area contributed by atoms with Crippen LogP contribution in [0.3, 0.4) is 0 Å². The first kappa shape index (κ1) is 13.3. The summed E-state index contributed by atoms with van der Waals surface area (Å²) in [7, 11) is 0. The van der Waals surface area contributed by atoms with E-state index in [1.165, 1.54) is 4.88 Å². The summed E-state index contributed by atoms with van der Waals surface area (Å²) in [6.07, 6.45) is 0.926. The lowest BCUT2D eigenvalue weighted by Gasteiger charge is -2.27. The van der Waals surface area contributed by atoms with E-state index >= 15 is 0 Å². The van der Waals surface area contributed by atoms with Gasteiger partial charge in [0.1, 0.15) is 5.75 Å². The van der Waals surface area contributed by atoms with Gasteiger partial charge in [-0.15, -0.1) is 11.3 Å². The fourth-order valence-electron chi connectivity index (χ4n) is 2.27. The van der Waals surface area contributed by atoms with E-state index in [9.17, 15) is 0 Å². The number of hydrogen-bond acceptors (Lipinski definition) is 3. The van der Waals surface area contributed by atoms with Crippen LogP contribution in [0.25, 0.3) is 0 Å². The molecule has 100 valence electrons. The standard InChI is InChI=1S/C14H13Cl2NOS/c15-9-6-11-13(17-8-10-2-1-5-19-10)3-4-18-14(11)12(16)7-9/h1-2,5-7,13,17H,3-4,8H2. The summed E-state index contributed by atoms with van der Waals surface area (Å²) in [5, 5.41) is 6.87. The van der Waals surface area contributed by atoms with Crippen LogP contribution in [0.4, 0.5) is 0 Å². The molecule has 2 nitrogen and oxygen atoms in total. The van der Waals surface area contributed by atoms with Gasteiger partial charge in [-0.3, -0.25) is 0 Å². The predicted molar refractivity (Wildman–Crippen MR) is 80.5 cm³/mol. The molecule has 0 spiro atoms. The molecule has 3 rings (SSSR count). The third kappa shape index (κ3) is 2.90. The van der Waals surface area contributed by atoms with E-state index in [0.29, 0.717) is 16.7 Å². The normalized spacial score (nSPS) is 17.9. The molecule has 1 unspecified atom stereocenters. The van der Waals surface area contributed by atoms with Crippen LogP contribution in [0, 0.1) is 0 Å². The molecule has 0 fully saturated rings. The number of rotatable bonds is 3. The highest BCUT2D eigenvalue weighted by Gasteiger charge is 2.23. The lowest BCUT2D eigenvalue weighted by atomic mass is 10.0. The summed E-state index contributed by atoms with van der Waals surface area (Å²) < 4.78 is 5.65. The number of benzene rings is 1. The van der Waals surface area contributed by atoms with Gasteiger partial charge >= 0.3 is 0 Å². The zero-order valence-corrected chi connectivity index (χ0v) is 12.5. The first-order valence-electron chi connectivity index (χ1n) is 6.11. The van der Waals surface area contributed by atoms with Crippen LogP contribution < -0.4 is 10.1 Å². The van der Waals surface area contributed by atoms with Gasteiger partial charge in [0.25, 0.3) is 0 Å². The van der Waals surface area contributed by atoms with Crippen molar-refractivity contribution in [2.75, 3.05) is 6.61 Å². The summed E-state index contributed by atoms with van der Waals surface area (Å²) in [5.74, 6) is 0.765. The number of halogens is 2. The molecule has 0 radical (unpaired) electrons. The molecular formula is C14H13Cl2NOS. The minimum absolute atomic E-state index is 0.238. The Hall–Kier alpha value is -0.740. The average Bonchev–Trinajstić information content (AvgIpc) is 2.89. The van der Waals surface area contributed by atoms with Crippen molar-refractivity contribution in [1.29, 1.82) is 0 Å². The number of hydrogen-bond donors (Lipinski definition) is 1. The van der Waals surface area contributed by atoms with Gasteiger partial charge in [-0.25, -0.2) is 0 Å².